The number of ether oxygens (including phenoxy) is 2. The summed E-state index contributed by atoms with van der Waals surface area (Å²) in [6.45, 7) is 6.22. The minimum absolute atomic E-state index is 0.333. The lowest BCUT2D eigenvalue weighted by Gasteiger charge is -2.10. The Morgan fingerprint density at radius 3 is 2.40 bits per heavy atom. The van der Waals surface area contributed by atoms with Gasteiger partial charge in [-0.15, -0.1) is 0 Å². The lowest BCUT2D eigenvalue weighted by molar-refractivity contribution is -0.119. The van der Waals surface area contributed by atoms with E-state index in [1.54, 1.807) is 24.3 Å². The number of nitrogens with one attached hydrogen (secondary N) is 1. The van der Waals surface area contributed by atoms with Crippen molar-refractivity contribution in [2.45, 2.75) is 27.2 Å². The number of amides is 1. The number of aryl methyl sites for hydroxylation is 2. The van der Waals surface area contributed by atoms with E-state index in [0.717, 1.165) is 17.5 Å². The van der Waals surface area contributed by atoms with Gasteiger partial charge < -0.3 is 14.8 Å². The van der Waals surface area contributed by atoms with Gasteiger partial charge in [0.25, 0.3) is 5.91 Å². The second-order valence-electron chi connectivity index (χ2n) is 5.82. The van der Waals surface area contributed by atoms with Crippen LogP contribution in [0.1, 0.15) is 34.8 Å². The van der Waals surface area contributed by atoms with Crippen molar-refractivity contribution >= 4 is 17.6 Å². The van der Waals surface area contributed by atoms with Crippen LogP contribution in [0.3, 0.4) is 0 Å². The van der Waals surface area contributed by atoms with Crippen molar-refractivity contribution in [1.82, 2.24) is 0 Å². The van der Waals surface area contributed by atoms with Crippen LogP contribution in [-0.2, 0) is 9.53 Å². The second kappa shape index (κ2) is 8.87. The van der Waals surface area contributed by atoms with Crippen molar-refractivity contribution in [3.63, 3.8) is 0 Å². The van der Waals surface area contributed by atoms with E-state index in [1.807, 2.05) is 39.0 Å². The van der Waals surface area contributed by atoms with Gasteiger partial charge in [0.15, 0.2) is 6.61 Å². The summed E-state index contributed by atoms with van der Waals surface area (Å²) < 4.78 is 10.5. The van der Waals surface area contributed by atoms with Crippen LogP contribution in [0.2, 0.25) is 0 Å². The molecule has 0 bridgehead atoms. The highest BCUT2D eigenvalue weighted by atomic mass is 16.5. The number of anilines is 1. The minimum Gasteiger partial charge on any atom is -0.494 e. The molecule has 0 fully saturated rings. The number of carbonyl (C=O) groups is 2. The number of hydrogen-bond acceptors (Lipinski definition) is 4. The van der Waals surface area contributed by atoms with Crippen molar-refractivity contribution in [3.05, 3.63) is 59.2 Å². The Hall–Kier alpha value is -2.82. The zero-order valence-corrected chi connectivity index (χ0v) is 14.8. The van der Waals surface area contributed by atoms with E-state index in [9.17, 15) is 9.59 Å². The molecule has 0 unspecified atom stereocenters. The van der Waals surface area contributed by atoms with E-state index in [4.69, 9.17) is 9.47 Å². The van der Waals surface area contributed by atoms with Gasteiger partial charge in [0.05, 0.1) is 12.2 Å². The second-order valence-corrected chi connectivity index (χ2v) is 5.82. The number of benzene rings is 2. The van der Waals surface area contributed by atoms with Crippen LogP contribution >= 0.6 is 0 Å². The Bertz CT molecular complexity index is 738. The quantitative estimate of drug-likeness (QED) is 0.776. The summed E-state index contributed by atoms with van der Waals surface area (Å²) in [5.41, 5.74) is 3.17. The molecule has 2 aromatic rings. The SMILES string of the molecule is CCCOc1ccc(C(=O)OCC(=O)Nc2ccc(C)cc2C)cc1. The molecule has 1 N–H and O–H groups in total. The van der Waals surface area contributed by atoms with Crippen LogP contribution in [-0.4, -0.2) is 25.1 Å². The molecule has 0 aliphatic carbocycles. The molecule has 5 heteroatoms. The Labute approximate surface area is 148 Å². The fourth-order valence-electron chi connectivity index (χ4n) is 2.26. The summed E-state index contributed by atoms with van der Waals surface area (Å²) in [5, 5.41) is 2.74. The average molecular weight is 341 g/mol. The number of hydrogen-bond donors (Lipinski definition) is 1. The first-order valence-corrected chi connectivity index (χ1v) is 8.26. The molecular weight excluding hydrogens is 318 g/mol. The molecule has 0 aromatic heterocycles. The van der Waals surface area contributed by atoms with Crippen LogP contribution in [0.15, 0.2) is 42.5 Å². The highest BCUT2D eigenvalue weighted by Crippen LogP contribution is 2.16. The molecule has 0 atom stereocenters. The van der Waals surface area contributed by atoms with E-state index in [2.05, 4.69) is 5.32 Å². The van der Waals surface area contributed by atoms with Crippen LogP contribution in [0.5, 0.6) is 5.75 Å². The lowest BCUT2D eigenvalue weighted by atomic mass is 10.1. The fourth-order valence-corrected chi connectivity index (χ4v) is 2.26. The van der Waals surface area contributed by atoms with Gasteiger partial charge in [-0.25, -0.2) is 4.79 Å². The zero-order valence-electron chi connectivity index (χ0n) is 14.8. The normalized spacial score (nSPS) is 10.2. The monoisotopic (exact) mass is 341 g/mol. The van der Waals surface area contributed by atoms with Gasteiger partial charge in [-0.2, -0.15) is 0 Å². The van der Waals surface area contributed by atoms with Gasteiger partial charge in [-0.3, -0.25) is 4.79 Å². The van der Waals surface area contributed by atoms with Crippen molar-refractivity contribution in [3.8, 4) is 5.75 Å². The number of rotatable bonds is 7. The van der Waals surface area contributed by atoms with Gasteiger partial charge in [0.2, 0.25) is 0 Å². The van der Waals surface area contributed by atoms with E-state index >= 15 is 0 Å². The maximum atomic E-state index is 12.0. The maximum Gasteiger partial charge on any atom is 0.338 e. The predicted octanol–water partition coefficient (Wildman–Crippen LogP) is 3.89. The van der Waals surface area contributed by atoms with Crippen molar-refractivity contribution in [2.24, 2.45) is 0 Å². The summed E-state index contributed by atoms with van der Waals surface area (Å²) in [6.07, 6.45) is 0.916. The highest BCUT2D eigenvalue weighted by Gasteiger charge is 2.11. The molecule has 0 radical (unpaired) electrons. The molecular formula is C20H23NO4. The van der Waals surface area contributed by atoms with Gasteiger partial charge in [0, 0.05) is 5.69 Å². The standard InChI is InChI=1S/C20H23NO4/c1-4-11-24-17-8-6-16(7-9-17)20(23)25-13-19(22)21-18-10-5-14(2)12-15(18)3/h5-10,12H,4,11,13H2,1-3H3,(H,21,22). The molecule has 2 rings (SSSR count). The summed E-state index contributed by atoms with van der Waals surface area (Å²) in [5.74, 6) is -0.216. The van der Waals surface area contributed by atoms with E-state index in [-0.39, 0.29) is 12.5 Å². The van der Waals surface area contributed by atoms with Crippen LogP contribution in [0, 0.1) is 13.8 Å². The zero-order chi connectivity index (χ0) is 18.2. The molecule has 132 valence electrons. The van der Waals surface area contributed by atoms with E-state index in [1.165, 1.54) is 0 Å². The molecule has 0 aliphatic heterocycles. The average Bonchev–Trinajstić information content (AvgIpc) is 2.60. The van der Waals surface area contributed by atoms with E-state index in [0.29, 0.717) is 23.6 Å². The Balaban J connectivity index is 1.85. The third-order valence-electron chi connectivity index (χ3n) is 3.55. The molecule has 0 saturated heterocycles. The van der Waals surface area contributed by atoms with Crippen LogP contribution in [0.25, 0.3) is 0 Å². The summed E-state index contributed by atoms with van der Waals surface area (Å²) in [7, 11) is 0. The number of esters is 1. The first-order chi connectivity index (χ1) is 12.0. The predicted molar refractivity (Wildman–Crippen MR) is 97.1 cm³/mol. The molecule has 0 saturated carbocycles. The summed E-state index contributed by atoms with van der Waals surface area (Å²) in [6, 6.07) is 12.4. The van der Waals surface area contributed by atoms with Gasteiger partial charge >= 0.3 is 5.97 Å². The lowest BCUT2D eigenvalue weighted by Crippen LogP contribution is -2.21. The van der Waals surface area contributed by atoms with Crippen molar-refractivity contribution in [2.75, 3.05) is 18.5 Å². The first-order valence-electron chi connectivity index (χ1n) is 8.26. The Kier molecular flexibility index (Phi) is 6.57. The highest BCUT2D eigenvalue weighted by molar-refractivity contribution is 5.95. The van der Waals surface area contributed by atoms with Gasteiger partial charge in [0.1, 0.15) is 5.75 Å². The Morgan fingerprint density at radius 2 is 1.76 bits per heavy atom. The fraction of sp³-hybridized carbons (Fsp3) is 0.300. The van der Waals surface area contributed by atoms with E-state index < -0.39 is 5.97 Å². The molecule has 25 heavy (non-hydrogen) atoms. The Morgan fingerprint density at radius 1 is 1.04 bits per heavy atom. The smallest absolute Gasteiger partial charge is 0.338 e. The summed E-state index contributed by atoms with van der Waals surface area (Å²) >= 11 is 0. The third kappa shape index (κ3) is 5.64. The van der Waals surface area contributed by atoms with Gasteiger partial charge in [-0.05, 0) is 56.2 Å². The maximum absolute atomic E-state index is 12.0. The first kappa shape index (κ1) is 18.5. The topological polar surface area (TPSA) is 64.6 Å². The largest absolute Gasteiger partial charge is 0.494 e. The van der Waals surface area contributed by atoms with Crippen LogP contribution < -0.4 is 10.1 Å². The van der Waals surface area contributed by atoms with Crippen molar-refractivity contribution < 1.29 is 19.1 Å². The number of carbonyl (C=O) groups excluding carboxylic acids is 2. The minimum atomic E-state index is -0.544. The molecule has 2 aromatic carbocycles. The molecule has 1 amide bonds. The molecule has 0 heterocycles. The summed E-state index contributed by atoms with van der Waals surface area (Å²) in [4.78, 5) is 23.9. The van der Waals surface area contributed by atoms with Crippen LogP contribution in [0.4, 0.5) is 5.69 Å². The molecule has 5 nitrogen and oxygen atoms in total. The van der Waals surface area contributed by atoms with Crippen molar-refractivity contribution in [1.29, 1.82) is 0 Å². The molecule has 0 aliphatic rings. The van der Waals surface area contributed by atoms with Gasteiger partial charge in [-0.1, -0.05) is 24.6 Å². The molecule has 0 spiro atoms. The third-order valence-corrected chi connectivity index (χ3v) is 3.55.